The molecule has 0 bridgehead atoms. The highest BCUT2D eigenvalue weighted by atomic mass is 16.5. The first kappa shape index (κ1) is 13.5. The number of hydrogen-bond acceptors (Lipinski definition) is 3. The van der Waals surface area contributed by atoms with Crippen LogP contribution in [0.15, 0.2) is 42.5 Å². The second-order valence-electron chi connectivity index (χ2n) is 5.25. The predicted octanol–water partition coefficient (Wildman–Crippen LogP) is 3.42. The molecule has 4 nitrogen and oxygen atoms in total. The third-order valence-corrected chi connectivity index (χ3v) is 3.85. The number of nitrogens with two attached hydrogens (primary N) is 1. The van der Waals surface area contributed by atoms with Gasteiger partial charge in [0.1, 0.15) is 11.9 Å². The average molecular weight is 283 g/mol. The van der Waals surface area contributed by atoms with E-state index in [0.717, 1.165) is 19.3 Å². The Kier molecular flexibility index (Phi) is 3.52. The minimum absolute atomic E-state index is 0.0276. The number of aromatic carboxylic acids is 1. The van der Waals surface area contributed by atoms with Crippen LogP contribution in [0.3, 0.4) is 0 Å². The minimum atomic E-state index is -1.04. The number of nitrogen functional groups attached to an aromatic ring is 1. The van der Waals surface area contributed by atoms with Crippen molar-refractivity contribution in [3.8, 4) is 5.75 Å². The van der Waals surface area contributed by atoms with Gasteiger partial charge in [-0.3, -0.25) is 0 Å². The molecule has 0 saturated heterocycles. The van der Waals surface area contributed by atoms with Crippen LogP contribution < -0.4 is 10.5 Å². The molecule has 0 amide bonds. The molecule has 0 radical (unpaired) electrons. The lowest BCUT2D eigenvalue weighted by Crippen LogP contribution is -2.15. The van der Waals surface area contributed by atoms with Gasteiger partial charge in [0.15, 0.2) is 0 Å². The zero-order valence-electron chi connectivity index (χ0n) is 11.6. The van der Waals surface area contributed by atoms with Gasteiger partial charge in [0.05, 0.1) is 5.56 Å². The Labute approximate surface area is 123 Å². The third-order valence-electron chi connectivity index (χ3n) is 3.85. The summed E-state index contributed by atoms with van der Waals surface area (Å²) in [4.78, 5) is 11.1. The summed E-state index contributed by atoms with van der Waals surface area (Å²) in [6.07, 6.45) is 3.05. The lowest BCUT2D eigenvalue weighted by molar-refractivity contribution is 0.0697. The zero-order chi connectivity index (χ0) is 14.8. The van der Waals surface area contributed by atoms with Crippen molar-refractivity contribution >= 4 is 11.7 Å². The van der Waals surface area contributed by atoms with Gasteiger partial charge >= 0.3 is 5.97 Å². The van der Waals surface area contributed by atoms with Crippen molar-refractivity contribution in [1.82, 2.24) is 0 Å². The highest BCUT2D eigenvalue weighted by Gasteiger charge is 2.21. The van der Waals surface area contributed by atoms with Gasteiger partial charge in [-0.15, -0.1) is 0 Å². The summed E-state index contributed by atoms with van der Waals surface area (Å²) in [5, 5.41) is 9.12. The van der Waals surface area contributed by atoms with Gasteiger partial charge in [-0.2, -0.15) is 0 Å². The number of fused-ring (bicyclic) bond motifs is 1. The largest absolute Gasteiger partial charge is 0.486 e. The van der Waals surface area contributed by atoms with Crippen LogP contribution in [0.1, 0.15) is 40.4 Å². The van der Waals surface area contributed by atoms with Crippen LogP contribution in [0.25, 0.3) is 0 Å². The number of rotatable bonds is 3. The van der Waals surface area contributed by atoms with E-state index in [4.69, 9.17) is 15.6 Å². The fourth-order valence-electron chi connectivity index (χ4n) is 2.79. The monoisotopic (exact) mass is 283 g/mol. The van der Waals surface area contributed by atoms with Crippen LogP contribution >= 0.6 is 0 Å². The molecular weight excluding hydrogens is 266 g/mol. The highest BCUT2D eigenvalue weighted by Crippen LogP contribution is 2.34. The smallest absolute Gasteiger partial charge is 0.337 e. The number of hydrogen-bond donors (Lipinski definition) is 2. The molecule has 3 N–H and O–H groups in total. The number of aryl methyl sites for hydroxylation is 1. The van der Waals surface area contributed by atoms with Crippen LogP contribution in [0.2, 0.25) is 0 Å². The summed E-state index contributed by atoms with van der Waals surface area (Å²) in [7, 11) is 0. The first-order valence-corrected chi connectivity index (χ1v) is 7.02. The van der Waals surface area contributed by atoms with E-state index in [2.05, 4.69) is 12.1 Å². The minimum Gasteiger partial charge on any atom is -0.486 e. The van der Waals surface area contributed by atoms with Crippen molar-refractivity contribution in [3.05, 3.63) is 59.2 Å². The number of benzene rings is 2. The van der Waals surface area contributed by atoms with Crippen molar-refractivity contribution in [1.29, 1.82) is 0 Å². The number of ether oxygens (including phenoxy) is 1. The van der Waals surface area contributed by atoms with Gasteiger partial charge in [0, 0.05) is 5.69 Å². The Morgan fingerprint density at radius 1 is 1.24 bits per heavy atom. The van der Waals surface area contributed by atoms with E-state index in [-0.39, 0.29) is 17.4 Å². The van der Waals surface area contributed by atoms with Crippen molar-refractivity contribution in [3.63, 3.8) is 0 Å². The number of carboxylic acid groups (broad SMARTS) is 1. The van der Waals surface area contributed by atoms with Gasteiger partial charge in [-0.1, -0.05) is 24.3 Å². The summed E-state index contributed by atoms with van der Waals surface area (Å²) in [6, 6.07) is 13.0. The molecule has 1 aliphatic rings. The maximum Gasteiger partial charge on any atom is 0.337 e. The Morgan fingerprint density at radius 3 is 2.86 bits per heavy atom. The third kappa shape index (κ3) is 2.70. The van der Waals surface area contributed by atoms with Crippen LogP contribution in [0.4, 0.5) is 5.69 Å². The van der Waals surface area contributed by atoms with E-state index in [9.17, 15) is 4.79 Å². The summed E-state index contributed by atoms with van der Waals surface area (Å²) in [6.45, 7) is 0. The van der Waals surface area contributed by atoms with Gasteiger partial charge in [-0.05, 0) is 48.6 Å². The van der Waals surface area contributed by atoms with Crippen molar-refractivity contribution in [2.24, 2.45) is 0 Å². The molecule has 1 atom stereocenters. The summed E-state index contributed by atoms with van der Waals surface area (Å²) >= 11 is 0. The fourth-order valence-corrected chi connectivity index (χ4v) is 2.79. The molecular formula is C17H17NO3. The Bertz CT molecular complexity index is 681. The highest BCUT2D eigenvalue weighted by molar-refractivity contribution is 5.94. The summed E-state index contributed by atoms with van der Waals surface area (Å²) in [5.74, 6) is -0.495. The van der Waals surface area contributed by atoms with E-state index in [1.165, 1.54) is 17.2 Å². The van der Waals surface area contributed by atoms with Crippen molar-refractivity contribution in [2.45, 2.75) is 25.4 Å². The standard InChI is InChI=1S/C17H17NO3/c18-15-9-8-12(10-14(15)17(19)20)21-16-7-3-5-11-4-1-2-6-13(11)16/h1-2,4,6,8-10,16H,3,5,7,18H2,(H,19,20). The molecule has 2 aromatic rings. The fraction of sp³-hybridized carbons (Fsp3) is 0.235. The average Bonchev–Trinajstić information content (AvgIpc) is 2.49. The topological polar surface area (TPSA) is 72.5 Å². The molecule has 0 saturated carbocycles. The lowest BCUT2D eigenvalue weighted by atomic mass is 9.89. The molecule has 0 fully saturated rings. The molecule has 21 heavy (non-hydrogen) atoms. The molecule has 0 spiro atoms. The van der Waals surface area contributed by atoms with Gasteiger partial charge in [0.2, 0.25) is 0 Å². The second-order valence-corrected chi connectivity index (χ2v) is 5.25. The van der Waals surface area contributed by atoms with E-state index < -0.39 is 5.97 Å². The number of carboxylic acids is 1. The SMILES string of the molecule is Nc1ccc(OC2CCCc3ccccc32)cc1C(=O)O. The van der Waals surface area contributed by atoms with E-state index in [0.29, 0.717) is 5.75 Å². The number of carbonyl (C=O) groups is 1. The molecule has 0 heterocycles. The normalized spacial score (nSPS) is 17.0. The molecule has 0 aliphatic heterocycles. The van der Waals surface area contributed by atoms with E-state index in [1.807, 2.05) is 12.1 Å². The summed E-state index contributed by atoms with van der Waals surface area (Å²) in [5.41, 5.74) is 8.49. The molecule has 108 valence electrons. The van der Waals surface area contributed by atoms with Crippen molar-refractivity contribution in [2.75, 3.05) is 5.73 Å². The molecule has 3 rings (SSSR count). The first-order chi connectivity index (χ1) is 10.1. The Hall–Kier alpha value is -2.49. The van der Waals surface area contributed by atoms with Crippen LogP contribution in [0, 0.1) is 0 Å². The maximum atomic E-state index is 11.1. The van der Waals surface area contributed by atoms with E-state index in [1.54, 1.807) is 12.1 Å². The van der Waals surface area contributed by atoms with Crippen LogP contribution in [0.5, 0.6) is 5.75 Å². The summed E-state index contributed by atoms with van der Waals surface area (Å²) < 4.78 is 6.01. The first-order valence-electron chi connectivity index (χ1n) is 7.02. The number of anilines is 1. The van der Waals surface area contributed by atoms with Crippen molar-refractivity contribution < 1.29 is 14.6 Å². The Balaban J connectivity index is 1.88. The molecule has 4 heteroatoms. The maximum absolute atomic E-state index is 11.1. The van der Waals surface area contributed by atoms with E-state index >= 15 is 0 Å². The van der Waals surface area contributed by atoms with Gasteiger partial charge < -0.3 is 15.6 Å². The Morgan fingerprint density at radius 2 is 2.05 bits per heavy atom. The lowest BCUT2D eigenvalue weighted by Gasteiger charge is -2.26. The zero-order valence-corrected chi connectivity index (χ0v) is 11.6. The molecule has 1 unspecified atom stereocenters. The molecule has 1 aliphatic carbocycles. The van der Waals surface area contributed by atoms with Crippen LogP contribution in [-0.4, -0.2) is 11.1 Å². The predicted molar refractivity (Wildman–Crippen MR) is 80.6 cm³/mol. The van der Waals surface area contributed by atoms with Gasteiger partial charge in [-0.25, -0.2) is 4.79 Å². The van der Waals surface area contributed by atoms with Gasteiger partial charge in [0.25, 0.3) is 0 Å². The second kappa shape index (κ2) is 5.48. The quantitative estimate of drug-likeness (QED) is 0.846. The van der Waals surface area contributed by atoms with Crippen LogP contribution in [-0.2, 0) is 6.42 Å². The molecule has 0 aromatic heterocycles. The molecule has 2 aromatic carbocycles.